The van der Waals surface area contributed by atoms with Crippen LogP contribution >= 0.6 is 0 Å². The SMILES string of the molecule is CCCCCCCC(C)(C)N[C@H]1CCCNC1. The van der Waals surface area contributed by atoms with Gasteiger partial charge in [-0.3, -0.25) is 0 Å². The van der Waals surface area contributed by atoms with Crippen LogP contribution in [0.1, 0.15) is 72.1 Å². The van der Waals surface area contributed by atoms with E-state index >= 15 is 0 Å². The fraction of sp³-hybridized carbons (Fsp3) is 1.00. The van der Waals surface area contributed by atoms with E-state index in [-0.39, 0.29) is 0 Å². The Morgan fingerprint density at radius 3 is 2.59 bits per heavy atom. The molecule has 1 heterocycles. The summed E-state index contributed by atoms with van der Waals surface area (Å²) in [7, 11) is 0. The molecule has 0 saturated carbocycles. The third kappa shape index (κ3) is 7.05. The Labute approximate surface area is 108 Å². The molecule has 0 aromatic rings. The number of hydrogen-bond donors (Lipinski definition) is 2. The van der Waals surface area contributed by atoms with E-state index in [1.807, 2.05) is 0 Å². The van der Waals surface area contributed by atoms with Gasteiger partial charge in [-0.25, -0.2) is 0 Å². The second-order valence-electron chi connectivity index (χ2n) is 6.24. The average molecular weight is 240 g/mol. The third-order valence-electron chi connectivity index (χ3n) is 3.80. The minimum Gasteiger partial charge on any atom is -0.315 e. The molecule has 0 spiro atoms. The van der Waals surface area contributed by atoms with Gasteiger partial charge in [-0.1, -0.05) is 39.0 Å². The van der Waals surface area contributed by atoms with E-state index in [0.717, 1.165) is 6.54 Å². The molecule has 0 aliphatic carbocycles. The van der Waals surface area contributed by atoms with Gasteiger partial charge in [0.05, 0.1) is 0 Å². The molecule has 1 aliphatic rings. The summed E-state index contributed by atoms with van der Waals surface area (Å²) in [4.78, 5) is 0. The molecule has 2 nitrogen and oxygen atoms in total. The summed E-state index contributed by atoms with van der Waals surface area (Å²) in [6, 6.07) is 0.689. The number of rotatable bonds is 8. The number of hydrogen-bond acceptors (Lipinski definition) is 2. The highest BCUT2D eigenvalue weighted by Crippen LogP contribution is 2.17. The topological polar surface area (TPSA) is 24.1 Å². The number of nitrogens with one attached hydrogen (secondary N) is 2. The van der Waals surface area contributed by atoms with Gasteiger partial charge in [0.1, 0.15) is 0 Å². The van der Waals surface area contributed by atoms with Gasteiger partial charge < -0.3 is 10.6 Å². The number of piperidine rings is 1. The van der Waals surface area contributed by atoms with Crippen molar-refractivity contribution < 1.29 is 0 Å². The monoisotopic (exact) mass is 240 g/mol. The quantitative estimate of drug-likeness (QED) is 0.635. The molecule has 0 bridgehead atoms. The van der Waals surface area contributed by atoms with Gasteiger partial charge >= 0.3 is 0 Å². The molecule has 0 unspecified atom stereocenters. The van der Waals surface area contributed by atoms with Crippen molar-refractivity contribution in [2.24, 2.45) is 0 Å². The van der Waals surface area contributed by atoms with Crippen LogP contribution in [0.4, 0.5) is 0 Å². The van der Waals surface area contributed by atoms with Crippen molar-refractivity contribution in [1.82, 2.24) is 10.6 Å². The third-order valence-corrected chi connectivity index (χ3v) is 3.80. The van der Waals surface area contributed by atoms with Gasteiger partial charge in [0.15, 0.2) is 0 Å². The highest BCUT2D eigenvalue weighted by atomic mass is 15.0. The van der Waals surface area contributed by atoms with Gasteiger partial charge in [-0.05, 0) is 39.7 Å². The zero-order chi connectivity index (χ0) is 12.6. The maximum absolute atomic E-state index is 3.82. The lowest BCUT2D eigenvalue weighted by molar-refractivity contribution is 0.270. The standard InChI is InChI=1S/C15H32N2/c1-4-5-6-7-8-11-15(2,3)17-14-10-9-12-16-13-14/h14,16-17H,4-13H2,1-3H3/t14-/m0/s1. The van der Waals surface area contributed by atoms with Crippen molar-refractivity contribution >= 4 is 0 Å². The second kappa shape index (κ2) is 8.10. The summed E-state index contributed by atoms with van der Waals surface area (Å²) in [5.41, 5.74) is 0.315. The fourth-order valence-electron chi connectivity index (χ4n) is 2.77. The lowest BCUT2D eigenvalue weighted by atomic mass is 9.93. The van der Waals surface area contributed by atoms with E-state index in [1.165, 1.54) is 57.9 Å². The summed E-state index contributed by atoms with van der Waals surface area (Å²) in [6.45, 7) is 9.36. The van der Waals surface area contributed by atoms with E-state index in [0.29, 0.717) is 11.6 Å². The van der Waals surface area contributed by atoms with E-state index in [2.05, 4.69) is 31.4 Å². The first-order chi connectivity index (χ1) is 8.14. The summed E-state index contributed by atoms with van der Waals surface area (Å²) < 4.78 is 0. The molecule has 0 amide bonds. The minimum absolute atomic E-state index is 0.315. The van der Waals surface area contributed by atoms with E-state index in [9.17, 15) is 0 Å². The Morgan fingerprint density at radius 1 is 1.18 bits per heavy atom. The van der Waals surface area contributed by atoms with Crippen molar-refractivity contribution in [3.8, 4) is 0 Å². The van der Waals surface area contributed by atoms with Crippen LogP contribution in [0.25, 0.3) is 0 Å². The summed E-state index contributed by atoms with van der Waals surface area (Å²) in [6.07, 6.45) is 10.9. The van der Waals surface area contributed by atoms with Crippen LogP contribution in [0.2, 0.25) is 0 Å². The molecule has 2 heteroatoms. The number of unbranched alkanes of at least 4 members (excludes halogenated alkanes) is 4. The average Bonchev–Trinajstić information content (AvgIpc) is 2.29. The summed E-state index contributed by atoms with van der Waals surface area (Å²) in [5.74, 6) is 0. The van der Waals surface area contributed by atoms with Gasteiger partial charge in [-0.2, -0.15) is 0 Å². The molecule has 1 atom stereocenters. The predicted molar refractivity (Wildman–Crippen MR) is 76.5 cm³/mol. The molecule has 0 radical (unpaired) electrons. The van der Waals surface area contributed by atoms with Crippen LogP contribution in [0.3, 0.4) is 0 Å². The maximum atomic E-state index is 3.82. The van der Waals surface area contributed by atoms with Gasteiger partial charge in [0.25, 0.3) is 0 Å². The molecule has 2 N–H and O–H groups in total. The molecular weight excluding hydrogens is 208 g/mol. The zero-order valence-corrected chi connectivity index (χ0v) is 12.1. The summed E-state index contributed by atoms with van der Waals surface area (Å²) >= 11 is 0. The molecule has 1 aliphatic heterocycles. The van der Waals surface area contributed by atoms with Crippen LogP contribution in [0.5, 0.6) is 0 Å². The highest BCUT2D eigenvalue weighted by Gasteiger charge is 2.22. The van der Waals surface area contributed by atoms with E-state index in [1.54, 1.807) is 0 Å². The normalized spacial score (nSPS) is 21.7. The van der Waals surface area contributed by atoms with Gasteiger partial charge in [-0.15, -0.1) is 0 Å². The molecule has 17 heavy (non-hydrogen) atoms. The summed E-state index contributed by atoms with van der Waals surface area (Å²) in [5, 5.41) is 7.30. The van der Waals surface area contributed by atoms with Crippen LogP contribution in [-0.4, -0.2) is 24.7 Å². The van der Waals surface area contributed by atoms with Crippen LogP contribution in [0, 0.1) is 0 Å². The van der Waals surface area contributed by atoms with Gasteiger partial charge in [0, 0.05) is 18.1 Å². The van der Waals surface area contributed by atoms with Crippen molar-refractivity contribution in [1.29, 1.82) is 0 Å². The van der Waals surface area contributed by atoms with Crippen molar-refractivity contribution in [2.75, 3.05) is 13.1 Å². The van der Waals surface area contributed by atoms with Crippen LogP contribution in [0.15, 0.2) is 0 Å². The van der Waals surface area contributed by atoms with E-state index < -0.39 is 0 Å². The maximum Gasteiger partial charge on any atom is 0.0197 e. The Kier molecular flexibility index (Phi) is 7.14. The molecular formula is C15H32N2. The second-order valence-corrected chi connectivity index (χ2v) is 6.24. The van der Waals surface area contributed by atoms with Crippen molar-refractivity contribution in [2.45, 2.75) is 83.7 Å². The van der Waals surface area contributed by atoms with Crippen LogP contribution < -0.4 is 10.6 Å². The van der Waals surface area contributed by atoms with Crippen LogP contribution in [-0.2, 0) is 0 Å². The first kappa shape index (κ1) is 15.0. The zero-order valence-electron chi connectivity index (χ0n) is 12.1. The molecule has 1 fully saturated rings. The lowest BCUT2D eigenvalue weighted by Gasteiger charge is -2.34. The smallest absolute Gasteiger partial charge is 0.0197 e. The predicted octanol–water partition coefficient (Wildman–Crippen LogP) is 3.47. The molecule has 0 aromatic carbocycles. The van der Waals surface area contributed by atoms with E-state index in [4.69, 9.17) is 0 Å². The first-order valence-electron chi connectivity index (χ1n) is 7.62. The Hall–Kier alpha value is -0.0800. The molecule has 0 aromatic heterocycles. The molecule has 1 rings (SSSR count). The lowest BCUT2D eigenvalue weighted by Crippen LogP contribution is -2.52. The van der Waals surface area contributed by atoms with Gasteiger partial charge in [0.2, 0.25) is 0 Å². The fourth-order valence-corrected chi connectivity index (χ4v) is 2.77. The van der Waals surface area contributed by atoms with Crippen molar-refractivity contribution in [3.63, 3.8) is 0 Å². The Bertz CT molecular complexity index is 183. The Balaban J connectivity index is 2.11. The molecule has 102 valence electrons. The minimum atomic E-state index is 0.315. The highest BCUT2D eigenvalue weighted by molar-refractivity contribution is 4.85. The van der Waals surface area contributed by atoms with Crippen molar-refractivity contribution in [3.05, 3.63) is 0 Å². The molecule has 1 saturated heterocycles. The Morgan fingerprint density at radius 2 is 1.94 bits per heavy atom. The largest absolute Gasteiger partial charge is 0.315 e. The first-order valence-corrected chi connectivity index (χ1v) is 7.62.